The van der Waals surface area contributed by atoms with Crippen LogP contribution in [0, 0.1) is 5.92 Å². The second kappa shape index (κ2) is 6.68. The first-order chi connectivity index (χ1) is 7.99. The zero-order chi connectivity index (χ0) is 12.9. The molecule has 6 heteroatoms. The molecule has 1 aliphatic heterocycles. The molecule has 1 unspecified atom stereocenters. The van der Waals surface area contributed by atoms with Gasteiger partial charge in [-0.25, -0.2) is 0 Å². The van der Waals surface area contributed by atoms with Crippen LogP contribution in [-0.2, 0) is 10.2 Å². The third-order valence-corrected chi connectivity index (χ3v) is 5.06. The van der Waals surface area contributed by atoms with Crippen molar-refractivity contribution in [2.75, 3.05) is 19.6 Å². The van der Waals surface area contributed by atoms with Crippen molar-refractivity contribution >= 4 is 10.2 Å². The van der Waals surface area contributed by atoms with E-state index in [1.807, 2.05) is 6.92 Å². The average molecular weight is 263 g/mol. The lowest BCUT2D eigenvalue weighted by molar-refractivity contribution is 0.274. The largest absolute Gasteiger partial charge is 0.330 e. The fourth-order valence-electron chi connectivity index (χ4n) is 2.21. The first-order valence-electron chi connectivity index (χ1n) is 6.47. The van der Waals surface area contributed by atoms with Crippen LogP contribution in [0.25, 0.3) is 0 Å². The van der Waals surface area contributed by atoms with Crippen molar-refractivity contribution in [2.45, 2.75) is 45.6 Å². The monoisotopic (exact) mass is 263 g/mol. The Bertz CT molecular complexity index is 311. The molecule has 1 rings (SSSR count). The molecular weight excluding hydrogens is 238 g/mol. The van der Waals surface area contributed by atoms with E-state index in [0.29, 0.717) is 25.6 Å². The molecule has 1 heterocycles. The maximum Gasteiger partial charge on any atom is 0.279 e. The van der Waals surface area contributed by atoms with Gasteiger partial charge >= 0.3 is 0 Å². The standard InChI is InChI=1S/C11H25N3O2S/c1-3-4-10(2)13-17(15,16)14-7-5-11(9-12)6-8-14/h10-11,13H,3-9,12H2,1-2H3. The summed E-state index contributed by atoms with van der Waals surface area (Å²) in [6.07, 6.45) is 3.61. The molecule has 1 saturated heterocycles. The van der Waals surface area contributed by atoms with Crippen molar-refractivity contribution in [3.63, 3.8) is 0 Å². The van der Waals surface area contributed by atoms with Crippen molar-refractivity contribution in [3.05, 3.63) is 0 Å². The molecule has 1 atom stereocenters. The molecule has 5 nitrogen and oxygen atoms in total. The van der Waals surface area contributed by atoms with Gasteiger partial charge in [0, 0.05) is 19.1 Å². The van der Waals surface area contributed by atoms with Crippen LogP contribution >= 0.6 is 0 Å². The molecule has 0 aromatic rings. The van der Waals surface area contributed by atoms with E-state index in [9.17, 15) is 8.42 Å². The van der Waals surface area contributed by atoms with Crippen molar-refractivity contribution in [3.8, 4) is 0 Å². The molecule has 0 amide bonds. The lowest BCUT2D eigenvalue weighted by Gasteiger charge is -2.31. The molecule has 17 heavy (non-hydrogen) atoms. The third kappa shape index (κ3) is 4.54. The van der Waals surface area contributed by atoms with Crippen LogP contribution in [-0.4, -0.2) is 38.4 Å². The number of hydrogen-bond acceptors (Lipinski definition) is 3. The molecule has 0 radical (unpaired) electrons. The van der Waals surface area contributed by atoms with E-state index in [1.54, 1.807) is 4.31 Å². The van der Waals surface area contributed by atoms with E-state index in [-0.39, 0.29) is 6.04 Å². The molecule has 0 aromatic carbocycles. The average Bonchev–Trinajstić information content (AvgIpc) is 2.28. The highest BCUT2D eigenvalue weighted by Crippen LogP contribution is 2.18. The second-order valence-corrected chi connectivity index (χ2v) is 6.59. The van der Waals surface area contributed by atoms with Crippen LogP contribution in [0.15, 0.2) is 0 Å². The minimum absolute atomic E-state index is 0.0113. The quantitative estimate of drug-likeness (QED) is 0.740. The Labute approximate surface area is 105 Å². The highest BCUT2D eigenvalue weighted by Gasteiger charge is 2.28. The molecule has 0 saturated carbocycles. The zero-order valence-electron chi connectivity index (χ0n) is 10.9. The fourth-order valence-corrected chi connectivity index (χ4v) is 3.67. The van der Waals surface area contributed by atoms with Gasteiger partial charge in [-0.05, 0) is 38.6 Å². The highest BCUT2D eigenvalue weighted by atomic mass is 32.2. The summed E-state index contributed by atoms with van der Waals surface area (Å²) in [6.45, 7) is 5.81. The smallest absolute Gasteiger partial charge is 0.279 e. The Morgan fingerprint density at radius 3 is 2.47 bits per heavy atom. The van der Waals surface area contributed by atoms with Gasteiger partial charge in [-0.3, -0.25) is 0 Å². The summed E-state index contributed by atoms with van der Waals surface area (Å²) in [6, 6.07) is 0.0113. The van der Waals surface area contributed by atoms with Gasteiger partial charge in [0.15, 0.2) is 0 Å². The van der Waals surface area contributed by atoms with Crippen LogP contribution < -0.4 is 10.5 Å². The summed E-state index contributed by atoms with van der Waals surface area (Å²) in [5, 5.41) is 0. The number of piperidine rings is 1. The summed E-state index contributed by atoms with van der Waals surface area (Å²) in [7, 11) is -3.29. The van der Waals surface area contributed by atoms with Gasteiger partial charge in [-0.15, -0.1) is 0 Å². The Morgan fingerprint density at radius 1 is 1.41 bits per heavy atom. The predicted molar refractivity (Wildman–Crippen MR) is 69.8 cm³/mol. The molecule has 102 valence electrons. The zero-order valence-corrected chi connectivity index (χ0v) is 11.7. The summed E-state index contributed by atoms with van der Waals surface area (Å²) in [5.74, 6) is 0.481. The Hall–Kier alpha value is -0.170. The van der Waals surface area contributed by atoms with Crippen LogP contribution in [0.3, 0.4) is 0 Å². The van der Waals surface area contributed by atoms with Crippen molar-refractivity contribution in [2.24, 2.45) is 11.7 Å². The number of nitrogens with two attached hydrogens (primary N) is 1. The van der Waals surface area contributed by atoms with E-state index in [4.69, 9.17) is 5.73 Å². The Balaban J connectivity index is 2.48. The number of nitrogens with one attached hydrogen (secondary N) is 1. The maximum atomic E-state index is 12.0. The normalized spacial score (nSPS) is 21.6. The van der Waals surface area contributed by atoms with Crippen molar-refractivity contribution in [1.82, 2.24) is 9.03 Å². The van der Waals surface area contributed by atoms with E-state index in [1.165, 1.54) is 0 Å². The minimum Gasteiger partial charge on any atom is -0.330 e. The molecule has 0 bridgehead atoms. The van der Waals surface area contributed by atoms with Crippen LogP contribution in [0.2, 0.25) is 0 Å². The summed E-state index contributed by atoms with van der Waals surface area (Å²) < 4.78 is 28.4. The topological polar surface area (TPSA) is 75.4 Å². The molecular formula is C11H25N3O2S. The van der Waals surface area contributed by atoms with E-state index < -0.39 is 10.2 Å². The maximum absolute atomic E-state index is 12.0. The fraction of sp³-hybridized carbons (Fsp3) is 1.00. The van der Waals surface area contributed by atoms with Crippen LogP contribution in [0.1, 0.15) is 39.5 Å². The predicted octanol–water partition coefficient (Wildman–Crippen LogP) is 0.680. The molecule has 1 aliphatic rings. The number of hydrogen-bond donors (Lipinski definition) is 2. The number of rotatable bonds is 6. The van der Waals surface area contributed by atoms with Gasteiger partial charge < -0.3 is 5.73 Å². The third-order valence-electron chi connectivity index (χ3n) is 3.32. The molecule has 0 spiro atoms. The second-order valence-electron chi connectivity index (χ2n) is 4.89. The first-order valence-corrected chi connectivity index (χ1v) is 7.91. The lowest BCUT2D eigenvalue weighted by Crippen LogP contribution is -2.48. The van der Waals surface area contributed by atoms with Gasteiger partial charge in [0.05, 0.1) is 0 Å². The van der Waals surface area contributed by atoms with Gasteiger partial charge in [-0.1, -0.05) is 13.3 Å². The lowest BCUT2D eigenvalue weighted by atomic mass is 9.99. The highest BCUT2D eigenvalue weighted by molar-refractivity contribution is 7.87. The Morgan fingerprint density at radius 2 is 2.00 bits per heavy atom. The van der Waals surface area contributed by atoms with Gasteiger partial charge in [0.1, 0.15) is 0 Å². The van der Waals surface area contributed by atoms with Gasteiger partial charge in [-0.2, -0.15) is 17.4 Å². The molecule has 0 aliphatic carbocycles. The SMILES string of the molecule is CCCC(C)NS(=O)(=O)N1CCC(CN)CC1. The summed E-state index contributed by atoms with van der Waals surface area (Å²) in [4.78, 5) is 0. The van der Waals surface area contributed by atoms with E-state index >= 15 is 0 Å². The van der Waals surface area contributed by atoms with Crippen LogP contribution in [0.4, 0.5) is 0 Å². The molecule has 3 N–H and O–H groups in total. The van der Waals surface area contributed by atoms with Crippen molar-refractivity contribution in [1.29, 1.82) is 0 Å². The van der Waals surface area contributed by atoms with Gasteiger partial charge in [0.2, 0.25) is 0 Å². The van der Waals surface area contributed by atoms with Crippen molar-refractivity contribution < 1.29 is 8.42 Å². The summed E-state index contributed by atoms with van der Waals surface area (Å²) in [5.41, 5.74) is 5.59. The molecule has 1 fully saturated rings. The number of nitrogens with zero attached hydrogens (tertiary/aromatic N) is 1. The Kier molecular flexibility index (Phi) is 5.85. The van der Waals surface area contributed by atoms with Gasteiger partial charge in [0.25, 0.3) is 10.2 Å². The molecule has 0 aromatic heterocycles. The minimum atomic E-state index is -3.29. The van der Waals surface area contributed by atoms with E-state index in [0.717, 1.165) is 25.7 Å². The first kappa shape index (κ1) is 14.9. The van der Waals surface area contributed by atoms with E-state index in [2.05, 4.69) is 11.6 Å². The summed E-state index contributed by atoms with van der Waals surface area (Å²) >= 11 is 0. The van der Waals surface area contributed by atoms with Crippen LogP contribution in [0.5, 0.6) is 0 Å².